The minimum atomic E-state index is -0.376. The van der Waals surface area contributed by atoms with Crippen LogP contribution < -0.4 is 4.74 Å². The number of carbonyl (C=O) groups is 1. The van der Waals surface area contributed by atoms with Crippen molar-refractivity contribution >= 4 is 5.91 Å². The molecule has 5 rings (SSSR count). The van der Waals surface area contributed by atoms with Crippen LogP contribution in [0.4, 0.5) is 0 Å². The molecule has 1 amide bonds. The lowest BCUT2D eigenvalue weighted by atomic mass is 9.71. The first-order chi connectivity index (χ1) is 15.5. The first-order valence-corrected chi connectivity index (χ1v) is 11.9. The van der Waals surface area contributed by atoms with Crippen molar-refractivity contribution in [2.45, 2.75) is 57.4 Å². The van der Waals surface area contributed by atoms with E-state index < -0.39 is 0 Å². The molecule has 2 saturated heterocycles. The third kappa shape index (κ3) is 3.60. The molecule has 0 radical (unpaired) electrons. The van der Waals surface area contributed by atoms with Gasteiger partial charge in [0.05, 0.1) is 12.5 Å². The van der Waals surface area contributed by atoms with Gasteiger partial charge >= 0.3 is 0 Å². The molecule has 1 atom stereocenters. The van der Waals surface area contributed by atoms with Gasteiger partial charge in [-0.25, -0.2) is 0 Å². The second-order valence-electron chi connectivity index (χ2n) is 10.3. The monoisotopic (exact) mass is 438 g/mol. The summed E-state index contributed by atoms with van der Waals surface area (Å²) in [6, 6.07) is 8.04. The standard InChI is InChI=1S/C25H34N4O3/c1-18(2)14-29-17-26-27-22(29)21-15-28(16-24(21)10-12-32-13-11-24)23(30)25(8-9-25)19-4-6-20(31-3)7-5-19/h4-7,17-18,21H,8-16H2,1-3H3. The largest absolute Gasteiger partial charge is 0.497 e. The van der Waals surface area contributed by atoms with Gasteiger partial charge in [-0.3, -0.25) is 4.79 Å². The Bertz CT molecular complexity index is 958. The van der Waals surface area contributed by atoms with Crippen molar-refractivity contribution in [1.82, 2.24) is 19.7 Å². The molecule has 1 aromatic carbocycles. The third-order valence-corrected chi connectivity index (χ3v) is 7.74. The predicted octanol–water partition coefficient (Wildman–Crippen LogP) is 3.40. The number of ether oxygens (including phenoxy) is 2. The predicted molar refractivity (Wildman–Crippen MR) is 121 cm³/mol. The number of hydrogen-bond donors (Lipinski definition) is 0. The lowest BCUT2D eigenvalue weighted by Crippen LogP contribution is -2.41. The minimum absolute atomic E-state index is 0.0195. The number of hydrogen-bond acceptors (Lipinski definition) is 5. The molecule has 2 aliphatic heterocycles. The molecule has 3 heterocycles. The van der Waals surface area contributed by atoms with E-state index in [1.807, 2.05) is 18.5 Å². The Labute approximate surface area is 190 Å². The first kappa shape index (κ1) is 21.4. The highest BCUT2D eigenvalue weighted by Gasteiger charge is 2.58. The van der Waals surface area contributed by atoms with Gasteiger partial charge in [0.1, 0.15) is 17.9 Å². The first-order valence-electron chi connectivity index (χ1n) is 11.9. The lowest BCUT2D eigenvalue weighted by molar-refractivity contribution is -0.133. The molecule has 1 aliphatic carbocycles. The van der Waals surface area contributed by atoms with Gasteiger partial charge in [-0.15, -0.1) is 10.2 Å². The van der Waals surface area contributed by atoms with Gasteiger partial charge in [-0.1, -0.05) is 26.0 Å². The Hall–Kier alpha value is -2.41. The fraction of sp³-hybridized carbons (Fsp3) is 0.640. The number of amides is 1. The number of rotatable bonds is 6. The second kappa shape index (κ2) is 8.18. The van der Waals surface area contributed by atoms with E-state index in [0.717, 1.165) is 69.1 Å². The van der Waals surface area contributed by atoms with Gasteiger partial charge < -0.3 is 18.9 Å². The summed E-state index contributed by atoms with van der Waals surface area (Å²) in [5.41, 5.74) is 0.751. The summed E-state index contributed by atoms with van der Waals surface area (Å²) in [5.74, 6) is 2.84. The number of likely N-dealkylation sites (tertiary alicyclic amines) is 1. The molecule has 172 valence electrons. The fourth-order valence-electron chi connectivity index (χ4n) is 5.80. The molecular formula is C25H34N4O3. The third-order valence-electron chi connectivity index (χ3n) is 7.74. The molecule has 3 aliphatic rings. The Morgan fingerprint density at radius 1 is 1.19 bits per heavy atom. The quantitative estimate of drug-likeness (QED) is 0.691. The normalized spacial score (nSPS) is 23.6. The lowest BCUT2D eigenvalue weighted by Gasteiger charge is -2.37. The van der Waals surface area contributed by atoms with Crippen molar-refractivity contribution in [3.05, 3.63) is 42.0 Å². The summed E-state index contributed by atoms with van der Waals surface area (Å²) in [5, 5.41) is 8.83. The van der Waals surface area contributed by atoms with Crippen LogP contribution in [0.5, 0.6) is 5.75 Å². The minimum Gasteiger partial charge on any atom is -0.497 e. The van der Waals surface area contributed by atoms with Crippen LogP contribution in [0.25, 0.3) is 0 Å². The zero-order valence-electron chi connectivity index (χ0n) is 19.4. The highest BCUT2D eigenvalue weighted by molar-refractivity contribution is 5.91. The van der Waals surface area contributed by atoms with Crippen molar-refractivity contribution in [3.8, 4) is 5.75 Å². The molecule has 7 heteroatoms. The maximum absolute atomic E-state index is 13.9. The topological polar surface area (TPSA) is 69.5 Å². The van der Waals surface area contributed by atoms with Gasteiger partial charge in [0.2, 0.25) is 5.91 Å². The summed E-state index contributed by atoms with van der Waals surface area (Å²) in [7, 11) is 1.67. The van der Waals surface area contributed by atoms with Crippen LogP contribution in [0.15, 0.2) is 30.6 Å². The average Bonchev–Trinajstić information content (AvgIpc) is 3.38. The van der Waals surface area contributed by atoms with Crippen LogP contribution in [0.3, 0.4) is 0 Å². The van der Waals surface area contributed by atoms with Crippen molar-refractivity contribution in [1.29, 1.82) is 0 Å². The molecule has 7 nitrogen and oxygen atoms in total. The molecule has 3 fully saturated rings. The van der Waals surface area contributed by atoms with Gasteiger partial charge in [-0.2, -0.15) is 0 Å². The van der Waals surface area contributed by atoms with E-state index in [4.69, 9.17) is 9.47 Å². The van der Waals surface area contributed by atoms with Crippen molar-refractivity contribution in [2.75, 3.05) is 33.4 Å². The van der Waals surface area contributed by atoms with E-state index in [1.54, 1.807) is 7.11 Å². The number of carbonyl (C=O) groups excluding carboxylic acids is 1. The summed E-state index contributed by atoms with van der Waals surface area (Å²) in [6.07, 6.45) is 5.61. The summed E-state index contributed by atoms with van der Waals surface area (Å²) < 4.78 is 13.2. The van der Waals surface area contributed by atoms with Crippen LogP contribution in [0.1, 0.15) is 56.8 Å². The van der Waals surface area contributed by atoms with Crippen LogP contribution in [0, 0.1) is 11.3 Å². The zero-order chi connectivity index (χ0) is 22.3. The maximum Gasteiger partial charge on any atom is 0.233 e. The molecule has 1 unspecified atom stereocenters. The summed E-state index contributed by atoms with van der Waals surface area (Å²) in [6.45, 7) is 8.32. The van der Waals surface area contributed by atoms with E-state index in [0.29, 0.717) is 12.5 Å². The van der Waals surface area contributed by atoms with Gasteiger partial charge in [0.15, 0.2) is 0 Å². The van der Waals surface area contributed by atoms with E-state index in [2.05, 4.69) is 45.6 Å². The smallest absolute Gasteiger partial charge is 0.233 e. The van der Waals surface area contributed by atoms with E-state index in [-0.39, 0.29) is 22.7 Å². The summed E-state index contributed by atoms with van der Waals surface area (Å²) >= 11 is 0. The highest BCUT2D eigenvalue weighted by Crippen LogP contribution is 2.54. The molecule has 32 heavy (non-hydrogen) atoms. The fourth-order valence-corrected chi connectivity index (χ4v) is 5.80. The number of aromatic nitrogens is 3. The molecular weight excluding hydrogens is 404 g/mol. The van der Waals surface area contributed by atoms with Crippen LogP contribution in [-0.2, 0) is 21.5 Å². The highest BCUT2D eigenvalue weighted by atomic mass is 16.5. The second-order valence-corrected chi connectivity index (χ2v) is 10.3. The number of benzene rings is 1. The van der Waals surface area contributed by atoms with E-state index in [1.165, 1.54) is 0 Å². The Morgan fingerprint density at radius 3 is 2.53 bits per heavy atom. The van der Waals surface area contributed by atoms with Crippen molar-refractivity contribution in [2.24, 2.45) is 11.3 Å². The molecule has 2 aromatic rings. The van der Waals surface area contributed by atoms with Gasteiger partial charge in [-0.05, 0) is 49.3 Å². The van der Waals surface area contributed by atoms with Crippen LogP contribution >= 0.6 is 0 Å². The zero-order valence-corrected chi connectivity index (χ0v) is 19.4. The molecule has 1 saturated carbocycles. The van der Waals surface area contributed by atoms with Gasteiger partial charge in [0, 0.05) is 44.2 Å². The van der Waals surface area contributed by atoms with Crippen molar-refractivity contribution in [3.63, 3.8) is 0 Å². The van der Waals surface area contributed by atoms with Crippen LogP contribution in [0.2, 0.25) is 0 Å². The number of methoxy groups -OCH3 is 1. The maximum atomic E-state index is 13.9. The van der Waals surface area contributed by atoms with Crippen LogP contribution in [-0.4, -0.2) is 59.0 Å². The molecule has 0 bridgehead atoms. The van der Waals surface area contributed by atoms with E-state index in [9.17, 15) is 4.79 Å². The van der Waals surface area contributed by atoms with E-state index >= 15 is 0 Å². The number of nitrogens with zero attached hydrogens (tertiary/aromatic N) is 4. The SMILES string of the molecule is COc1ccc(C2(C(=O)N3CC(c4nncn4CC(C)C)C4(CCOCC4)C3)CC2)cc1. The Kier molecular flexibility index (Phi) is 5.48. The Morgan fingerprint density at radius 2 is 1.91 bits per heavy atom. The Balaban J connectivity index is 1.43. The van der Waals surface area contributed by atoms with Gasteiger partial charge in [0.25, 0.3) is 0 Å². The molecule has 1 spiro atoms. The average molecular weight is 439 g/mol. The summed E-state index contributed by atoms with van der Waals surface area (Å²) in [4.78, 5) is 16.0. The van der Waals surface area contributed by atoms with Crippen molar-refractivity contribution < 1.29 is 14.3 Å². The molecule has 0 N–H and O–H groups in total. The molecule has 1 aromatic heterocycles.